The number of nitrogens with zero attached hydrogens (tertiary/aromatic N) is 1. The van der Waals surface area contributed by atoms with Crippen LogP contribution in [0.5, 0.6) is 0 Å². The van der Waals surface area contributed by atoms with E-state index in [-0.39, 0.29) is 6.04 Å². The monoisotopic (exact) mass is 132 g/mol. The maximum absolute atomic E-state index is 4.22. The third-order valence-electron chi connectivity index (χ3n) is 1.59. The van der Waals surface area contributed by atoms with E-state index in [4.69, 9.17) is 0 Å². The number of hydrogen-bond donors (Lipinski definition) is 1. The van der Waals surface area contributed by atoms with Gasteiger partial charge < -0.3 is 4.98 Å². The molecular weight excluding hydrogens is 124 g/mol. The van der Waals surface area contributed by atoms with Crippen LogP contribution in [-0.2, 0) is 0 Å². The van der Waals surface area contributed by atoms with Gasteiger partial charge in [-0.2, -0.15) is 0 Å². The molecule has 50 valence electrons. The van der Waals surface area contributed by atoms with Crippen molar-refractivity contribution in [2.45, 2.75) is 6.04 Å². The first-order valence-electron chi connectivity index (χ1n) is 3.29. The van der Waals surface area contributed by atoms with Crippen LogP contribution >= 0.6 is 0 Å². The number of allylic oxidation sites excluding steroid dienone is 1. The van der Waals surface area contributed by atoms with Crippen molar-refractivity contribution in [3.8, 4) is 0 Å². The molecule has 0 fully saturated rings. The molecule has 0 radical (unpaired) electrons. The van der Waals surface area contributed by atoms with Gasteiger partial charge >= 0.3 is 0 Å². The van der Waals surface area contributed by atoms with Gasteiger partial charge in [-0.1, -0.05) is 6.08 Å². The summed E-state index contributed by atoms with van der Waals surface area (Å²) in [6.07, 6.45) is 9.76. The Hall–Kier alpha value is -1.31. The highest BCUT2D eigenvalue weighted by molar-refractivity contribution is 5.74. The minimum atomic E-state index is 0.256. The molecule has 10 heavy (non-hydrogen) atoms. The summed E-state index contributed by atoms with van der Waals surface area (Å²) in [5, 5.41) is 0. The van der Waals surface area contributed by atoms with Gasteiger partial charge in [-0.05, 0) is 17.7 Å². The molecule has 0 amide bonds. The molecule has 2 heteroatoms. The van der Waals surface area contributed by atoms with E-state index in [1.807, 2.05) is 30.8 Å². The van der Waals surface area contributed by atoms with Gasteiger partial charge in [0.2, 0.25) is 0 Å². The first kappa shape index (κ1) is 5.47. The van der Waals surface area contributed by atoms with Gasteiger partial charge in [0.15, 0.2) is 0 Å². The number of aromatic amines is 1. The lowest BCUT2D eigenvalue weighted by Crippen LogP contribution is -1.83. The van der Waals surface area contributed by atoms with Gasteiger partial charge in [0.25, 0.3) is 0 Å². The van der Waals surface area contributed by atoms with E-state index in [0.29, 0.717) is 0 Å². The van der Waals surface area contributed by atoms with Crippen molar-refractivity contribution < 1.29 is 0 Å². The number of nitrogens with one attached hydrogen (secondary N) is 1. The third-order valence-corrected chi connectivity index (χ3v) is 1.59. The Morgan fingerprint density at radius 1 is 1.50 bits per heavy atom. The highest BCUT2D eigenvalue weighted by Crippen LogP contribution is 2.19. The van der Waals surface area contributed by atoms with Gasteiger partial charge in [-0.15, -0.1) is 0 Å². The summed E-state index contributed by atoms with van der Waals surface area (Å²) >= 11 is 0. The summed E-state index contributed by atoms with van der Waals surface area (Å²) in [5.41, 5.74) is 1.23. The van der Waals surface area contributed by atoms with Crippen LogP contribution in [-0.4, -0.2) is 11.2 Å². The Morgan fingerprint density at radius 2 is 2.50 bits per heavy atom. The van der Waals surface area contributed by atoms with E-state index < -0.39 is 0 Å². The second-order valence-electron chi connectivity index (χ2n) is 2.27. The van der Waals surface area contributed by atoms with Gasteiger partial charge in [0.1, 0.15) is 0 Å². The number of H-pyrrole nitrogens is 1. The molecule has 1 N–H and O–H groups in total. The molecule has 2 nitrogen and oxygen atoms in total. The molecule has 0 bridgehead atoms. The molecule has 1 aliphatic rings. The number of rotatable bonds is 1. The van der Waals surface area contributed by atoms with E-state index in [9.17, 15) is 0 Å². The first-order valence-corrected chi connectivity index (χ1v) is 3.29. The minimum Gasteiger partial charge on any atom is -0.367 e. The maximum Gasteiger partial charge on any atom is 0.0948 e. The molecule has 1 unspecified atom stereocenters. The van der Waals surface area contributed by atoms with Crippen molar-refractivity contribution in [3.05, 3.63) is 36.2 Å². The van der Waals surface area contributed by atoms with Crippen LogP contribution in [0.4, 0.5) is 0 Å². The highest BCUT2D eigenvalue weighted by atomic mass is 14.8. The largest absolute Gasteiger partial charge is 0.367 e. The van der Waals surface area contributed by atoms with Crippen LogP contribution in [0, 0.1) is 0 Å². The van der Waals surface area contributed by atoms with Crippen LogP contribution in [0.15, 0.2) is 35.6 Å². The molecule has 1 aliphatic heterocycles. The molecule has 1 atom stereocenters. The molecule has 0 spiro atoms. The molecule has 1 aromatic heterocycles. The van der Waals surface area contributed by atoms with Gasteiger partial charge in [0.05, 0.1) is 6.04 Å². The van der Waals surface area contributed by atoms with Gasteiger partial charge in [-0.3, -0.25) is 4.99 Å². The lowest BCUT2D eigenvalue weighted by Gasteiger charge is -1.97. The zero-order valence-corrected chi connectivity index (χ0v) is 5.49. The first-order chi connectivity index (χ1) is 4.97. The SMILES string of the molecule is C1=CC(c2cc[nH]c2)N=C1. The summed E-state index contributed by atoms with van der Waals surface area (Å²) < 4.78 is 0. The predicted octanol–water partition coefficient (Wildman–Crippen LogP) is 1.70. The molecule has 0 saturated carbocycles. The Bertz CT molecular complexity index is 245. The van der Waals surface area contributed by atoms with Crippen LogP contribution in [0.2, 0.25) is 0 Å². The molecule has 2 heterocycles. The molecule has 0 aliphatic carbocycles. The minimum absolute atomic E-state index is 0.256. The summed E-state index contributed by atoms with van der Waals surface area (Å²) in [5.74, 6) is 0. The normalized spacial score (nSPS) is 22.2. The fourth-order valence-electron chi connectivity index (χ4n) is 1.06. The fraction of sp³-hybridized carbons (Fsp3) is 0.125. The van der Waals surface area contributed by atoms with E-state index in [2.05, 4.69) is 16.1 Å². The van der Waals surface area contributed by atoms with E-state index >= 15 is 0 Å². The van der Waals surface area contributed by atoms with Crippen molar-refractivity contribution >= 4 is 6.21 Å². The third kappa shape index (κ3) is 0.778. The van der Waals surface area contributed by atoms with E-state index in [1.54, 1.807) is 0 Å². The standard InChI is InChI=1S/C8H8N2/c1-2-8(10-4-1)7-3-5-9-6-7/h1-6,8-9H. The van der Waals surface area contributed by atoms with Crippen LogP contribution in [0.3, 0.4) is 0 Å². The Balaban J connectivity index is 2.29. The fourth-order valence-corrected chi connectivity index (χ4v) is 1.06. The Labute approximate surface area is 59.3 Å². The molecule has 2 rings (SSSR count). The second-order valence-corrected chi connectivity index (χ2v) is 2.27. The zero-order chi connectivity index (χ0) is 6.81. The van der Waals surface area contributed by atoms with Crippen molar-refractivity contribution in [1.82, 2.24) is 4.98 Å². The topological polar surface area (TPSA) is 28.1 Å². The summed E-state index contributed by atoms with van der Waals surface area (Å²) in [6.45, 7) is 0. The molecule has 1 aromatic rings. The van der Waals surface area contributed by atoms with Crippen LogP contribution in [0.1, 0.15) is 11.6 Å². The maximum atomic E-state index is 4.22. The average Bonchev–Trinajstić information content (AvgIpc) is 2.59. The number of hydrogen-bond acceptors (Lipinski definition) is 1. The van der Waals surface area contributed by atoms with Crippen LogP contribution < -0.4 is 0 Å². The molecule has 0 saturated heterocycles. The lowest BCUT2D eigenvalue weighted by molar-refractivity contribution is 0.938. The number of aliphatic imine (C=N–C) groups is 1. The number of aromatic nitrogens is 1. The smallest absolute Gasteiger partial charge is 0.0948 e. The quantitative estimate of drug-likeness (QED) is 0.602. The predicted molar refractivity (Wildman–Crippen MR) is 41.2 cm³/mol. The summed E-state index contributed by atoms with van der Waals surface area (Å²) in [4.78, 5) is 7.22. The van der Waals surface area contributed by atoms with E-state index in [0.717, 1.165) is 0 Å². The molecular formula is C8H8N2. The van der Waals surface area contributed by atoms with E-state index in [1.165, 1.54) is 5.56 Å². The van der Waals surface area contributed by atoms with Gasteiger partial charge in [-0.25, -0.2) is 0 Å². The zero-order valence-electron chi connectivity index (χ0n) is 5.49. The van der Waals surface area contributed by atoms with Crippen molar-refractivity contribution in [1.29, 1.82) is 0 Å². The summed E-state index contributed by atoms with van der Waals surface area (Å²) in [6, 6.07) is 2.30. The Kier molecular flexibility index (Phi) is 1.17. The second kappa shape index (κ2) is 2.14. The van der Waals surface area contributed by atoms with Crippen molar-refractivity contribution in [3.63, 3.8) is 0 Å². The van der Waals surface area contributed by atoms with Crippen molar-refractivity contribution in [2.75, 3.05) is 0 Å². The van der Waals surface area contributed by atoms with Crippen LogP contribution in [0.25, 0.3) is 0 Å². The highest BCUT2D eigenvalue weighted by Gasteiger charge is 2.06. The van der Waals surface area contributed by atoms with Crippen molar-refractivity contribution in [2.24, 2.45) is 4.99 Å². The Morgan fingerprint density at radius 3 is 3.10 bits per heavy atom. The van der Waals surface area contributed by atoms with Gasteiger partial charge in [0, 0.05) is 18.6 Å². The lowest BCUT2D eigenvalue weighted by atomic mass is 10.2. The summed E-state index contributed by atoms with van der Waals surface area (Å²) in [7, 11) is 0. The molecule has 0 aromatic carbocycles. The average molecular weight is 132 g/mol.